The highest BCUT2D eigenvalue weighted by atomic mass is 35.5. The van der Waals surface area contributed by atoms with Crippen LogP contribution >= 0.6 is 23.2 Å². The molecular formula is C94H89Cl2FN6O9. The highest BCUT2D eigenvalue weighted by Gasteiger charge is 2.56. The fourth-order valence-electron chi connectivity index (χ4n) is 19.8. The summed E-state index contributed by atoms with van der Waals surface area (Å²) in [6, 6.07) is 59.8. The van der Waals surface area contributed by atoms with Gasteiger partial charge in [-0.05, 0) is 210 Å². The van der Waals surface area contributed by atoms with E-state index in [1.165, 1.54) is 28.7 Å². The van der Waals surface area contributed by atoms with Gasteiger partial charge in [-0.1, -0.05) is 199 Å². The Hall–Kier alpha value is -10.7. The summed E-state index contributed by atoms with van der Waals surface area (Å²) in [6.07, 6.45) is 17.3. The number of carboxylic acid groups (broad SMARTS) is 3. The lowest BCUT2D eigenvalue weighted by molar-refractivity contribution is -0.158. The number of aryl methyl sites for hydroxylation is 1. The second kappa shape index (κ2) is 31.1. The van der Waals surface area contributed by atoms with Crippen molar-refractivity contribution in [2.75, 3.05) is 0 Å². The van der Waals surface area contributed by atoms with Crippen LogP contribution < -0.4 is 0 Å². The number of rotatable bonds is 23. The first kappa shape index (κ1) is 70.4. The summed E-state index contributed by atoms with van der Waals surface area (Å²) < 4.78 is 54.3. The smallest absolute Gasteiger partial charge is 0.306 e. The van der Waals surface area contributed by atoms with E-state index in [-0.39, 0.29) is 86.1 Å². The lowest BCUT2D eigenvalue weighted by Gasteiger charge is -2.58. The summed E-state index contributed by atoms with van der Waals surface area (Å²) in [7, 11) is 0. The minimum atomic E-state index is -2.79. The van der Waals surface area contributed by atoms with Crippen LogP contribution in [0.4, 0.5) is 4.39 Å². The number of aromatic nitrogens is 6. The number of carbonyl (C=O) groups excluding carboxylic acids is 3. The van der Waals surface area contributed by atoms with Crippen LogP contribution in [-0.4, -0.2) is 79.9 Å². The molecule has 3 N–H and O–H groups in total. The van der Waals surface area contributed by atoms with Crippen molar-refractivity contribution in [1.29, 1.82) is 0 Å². The van der Waals surface area contributed by atoms with Crippen LogP contribution in [0.5, 0.6) is 0 Å². The van der Waals surface area contributed by atoms with Gasteiger partial charge in [0.05, 0.1) is 71.9 Å². The third-order valence-corrected chi connectivity index (χ3v) is 25.6. The minimum absolute atomic E-state index is 0.0562. The third kappa shape index (κ3) is 15.6. The van der Waals surface area contributed by atoms with E-state index in [1.807, 2.05) is 115 Å². The van der Waals surface area contributed by atoms with Gasteiger partial charge in [0.25, 0.3) is 0 Å². The Kier molecular flexibility index (Phi) is 19.6. The largest absolute Gasteiger partial charge is 0.481 e. The molecule has 18 heteroatoms. The summed E-state index contributed by atoms with van der Waals surface area (Å²) in [5.74, 6) is -1.75. The first-order valence-electron chi connectivity index (χ1n) is 40.8. The van der Waals surface area contributed by atoms with Gasteiger partial charge in [0.15, 0.2) is 23.2 Å². The SMILES string of the molecule is Cc1c(Cl)cc(C(=O)CC2CC3(CC(CC(=O)O)C3)C2)c2c1cnn2Cc1ccc(-c2ccccc2)cc1.O=C(O)CC1CC2(C1)CC(CC(=O)c1cc(Cl)c(F)c3cnn(Cc4ccc(-c5ccccc5)cc4)c13)C2.[2H]C([2H])([2H])C([2H])(c1ccc(-c2ccccc2)cc1)n1ncc2cccc(C(=O)CC3CC4(C3)CC(C(=O)O)C4)c21. The molecule has 3 heterocycles. The fourth-order valence-corrected chi connectivity index (χ4v) is 20.3. The fraction of sp³-hybridized carbons (Fsp3) is 0.330. The number of aliphatic carboxylic acids is 3. The molecule has 6 saturated carbocycles. The zero-order chi connectivity index (χ0) is 81.2. The number of Topliss-reactive ketones (excluding diaryl/α,β-unsaturated/α-hetero) is 3. The maximum Gasteiger partial charge on any atom is 0.306 e. The zero-order valence-corrected chi connectivity index (χ0v) is 63.7. The number of benzene rings is 9. The number of ketones is 3. The first-order valence-corrected chi connectivity index (χ1v) is 39.5. The van der Waals surface area contributed by atoms with Crippen molar-refractivity contribution in [2.24, 2.45) is 51.8 Å². The number of nitrogens with zero attached hydrogens (tertiary/aromatic N) is 6. The number of fused-ring (bicyclic) bond motifs is 3. The van der Waals surface area contributed by atoms with Crippen LogP contribution in [-0.2, 0) is 27.5 Å². The number of para-hydroxylation sites is 1. The Balaban J connectivity index is 0.000000131. The van der Waals surface area contributed by atoms with E-state index in [4.69, 9.17) is 37.5 Å². The van der Waals surface area contributed by atoms with Gasteiger partial charge in [0, 0.05) is 68.7 Å². The molecule has 12 aromatic rings. The van der Waals surface area contributed by atoms with E-state index in [9.17, 15) is 39.6 Å². The summed E-state index contributed by atoms with van der Waals surface area (Å²) in [5.41, 5.74) is 13.4. The van der Waals surface area contributed by atoms with E-state index in [1.54, 1.807) is 47.1 Å². The maximum atomic E-state index is 14.9. The number of halogens is 3. The quantitative estimate of drug-likeness (QED) is 0.0510. The zero-order valence-electron chi connectivity index (χ0n) is 66.2. The molecule has 0 radical (unpaired) electrons. The molecule has 3 aromatic heterocycles. The van der Waals surface area contributed by atoms with E-state index in [2.05, 4.69) is 63.8 Å². The van der Waals surface area contributed by atoms with Crippen molar-refractivity contribution in [2.45, 2.75) is 142 Å². The molecule has 0 aliphatic heterocycles. The third-order valence-electron chi connectivity index (χ3n) is 25.0. The standard InChI is InChI=1S/C32H31ClN2O3.C31H28ClFN2O3.C31H30N2O3/c1-20-27-18-34-35(19-21-7-9-25(10-8-21)24-5-3-2-4-6-24)31(27)26(13-28(20)33)29(36)11-22-14-32(15-22)16-23(17-32)12-30(37)38;32-26-12-24(27(36)10-20-13-31(14-20)15-21(16-31)11-28(37)38)30-25(29(26)33)17-34-35(30)18-19-6-8-23(9-7-19)22-4-2-1-3-5-22;1-20(22-10-12-24(13-11-22)23-6-3-2-4-7-23)33-29-25(19-32-33)8-5-9-27(29)28(34)14-21-15-31(16-21)17-26(18-31)30(35)36/h2-10,13,18,22-23H,11-12,14-17,19H2,1H3,(H,37,38);1-9,12,17,20-21H,10-11,13-16,18H2,(H,37,38);2-13,19-21,26H,14-18H2,1H3,(H,35,36)/i;;1D3,20D. The Morgan fingerprint density at radius 3 is 1.27 bits per heavy atom. The van der Waals surface area contributed by atoms with Gasteiger partial charge in [-0.15, -0.1) is 0 Å². The Bertz CT molecular complexity index is 5510. The van der Waals surface area contributed by atoms with E-state index >= 15 is 0 Å². The van der Waals surface area contributed by atoms with Crippen molar-refractivity contribution < 1.29 is 54.0 Å². The van der Waals surface area contributed by atoms with Gasteiger partial charge in [-0.2, -0.15) is 15.3 Å². The summed E-state index contributed by atoms with van der Waals surface area (Å²) >= 11 is 12.8. The molecule has 6 fully saturated rings. The predicted octanol–water partition coefficient (Wildman–Crippen LogP) is 21.7. The van der Waals surface area contributed by atoms with Crippen LogP contribution in [0.3, 0.4) is 0 Å². The van der Waals surface area contributed by atoms with E-state index < -0.39 is 36.6 Å². The Morgan fingerprint density at radius 2 is 0.839 bits per heavy atom. The topological polar surface area (TPSA) is 217 Å². The van der Waals surface area contributed by atoms with Crippen molar-refractivity contribution in [3.8, 4) is 33.4 Å². The number of carbonyl (C=O) groups is 6. The lowest BCUT2D eigenvalue weighted by Crippen LogP contribution is -2.50. The van der Waals surface area contributed by atoms with Crippen LogP contribution in [0, 0.1) is 64.5 Å². The van der Waals surface area contributed by atoms with Crippen LogP contribution in [0.25, 0.3) is 66.1 Å². The van der Waals surface area contributed by atoms with Crippen LogP contribution in [0.1, 0.15) is 181 Å². The van der Waals surface area contributed by atoms with E-state index in [0.29, 0.717) is 95.2 Å². The number of carboxylic acids is 3. The molecule has 0 bridgehead atoms. The molecule has 15 nitrogen and oxygen atoms in total. The van der Waals surface area contributed by atoms with Crippen molar-refractivity contribution in [3.05, 3.63) is 268 Å². The van der Waals surface area contributed by atoms with Crippen LogP contribution in [0.15, 0.2) is 213 Å². The van der Waals surface area contributed by atoms with Crippen LogP contribution in [0.2, 0.25) is 10.0 Å². The van der Waals surface area contributed by atoms with Gasteiger partial charge in [-0.25, -0.2) is 4.39 Å². The summed E-state index contributed by atoms with van der Waals surface area (Å²) in [5, 5.41) is 43.0. The molecular weight excluding hydrogens is 1450 g/mol. The molecule has 112 heavy (non-hydrogen) atoms. The molecule has 3 spiro atoms. The summed E-state index contributed by atoms with van der Waals surface area (Å²) in [4.78, 5) is 73.7. The lowest BCUT2D eigenvalue weighted by atomic mass is 9.47. The second-order valence-electron chi connectivity index (χ2n) is 33.0. The molecule has 18 rings (SSSR count). The molecule has 6 aliphatic rings. The van der Waals surface area contributed by atoms with Gasteiger partial charge in [-0.3, -0.25) is 42.8 Å². The Morgan fingerprint density at radius 1 is 0.455 bits per heavy atom. The van der Waals surface area contributed by atoms with Gasteiger partial charge >= 0.3 is 17.9 Å². The summed E-state index contributed by atoms with van der Waals surface area (Å²) in [6.45, 7) is 0.149. The molecule has 1 atom stereocenters. The highest BCUT2D eigenvalue weighted by Crippen LogP contribution is 2.65. The molecule has 0 saturated heterocycles. The second-order valence-corrected chi connectivity index (χ2v) is 33.8. The highest BCUT2D eigenvalue weighted by molar-refractivity contribution is 6.33. The van der Waals surface area contributed by atoms with Crippen molar-refractivity contribution >= 4 is 91.2 Å². The minimum Gasteiger partial charge on any atom is -0.481 e. The van der Waals surface area contributed by atoms with Crippen molar-refractivity contribution in [1.82, 2.24) is 29.3 Å². The average Bonchev–Trinajstić information content (AvgIpc) is 1.70. The van der Waals surface area contributed by atoms with Gasteiger partial charge < -0.3 is 15.3 Å². The predicted molar refractivity (Wildman–Crippen MR) is 434 cm³/mol. The van der Waals surface area contributed by atoms with Gasteiger partial charge in [0.2, 0.25) is 0 Å². The number of hydrogen-bond acceptors (Lipinski definition) is 9. The molecule has 1 unspecified atom stereocenters. The molecule has 6 aliphatic carbocycles. The number of hydrogen-bond donors (Lipinski definition) is 3. The maximum absolute atomic E-state index is 14.9. The van der Waals surface area contributed by atoms with Gasteiger partial charge in [0.1, 0.15) is 0 Å². The average molecular weight is 1540 g/mol. The molecule has 570 valence electrons. The first-order chi connectivity index (χ1) is 55.6. The molecule has 0 amide bonds. The normalized spacial score (nSPS) is 23.6. The van der Waals surface area contributed by atoms with Crippen molar-refractivity contribution in [3.63, 3.8) is 0 Å². The monoisotopic (exact) mass is 1540 g/mol. The Labute approximate surface area is 665 Å². The molecule has 9 aromatic carbocycles. The van der Waals surface area contributed by atoms with E-state index in [0.717, 1.165) is 120 Å².